The van der Waals surface area contributed by atoms with Crippen LogP contribution in [0.4, 0.5) is 0 Å². The molecule has 3 N–H and O–H groups in total. The van der Waals surface area contributed by atoms with Crippen molar-refractivity contribution in [2.24, 2.45) is 5.73 Å². The predicted octanol–water partition coefficient (Wildman–Crippen LogP) is -0.0401. The zero-order valence-electron chi connectivity index (χ0n) is 16.7. The molecule has 2 aliphatic heterocycles. The number of amides is 2. The molecule has 8 nitrogen and oxygen atoms in total. The fraction of sp³-hybridized carbons (Fsp3) is 0.600. The van der Waals surface area contributed by atoms with Crippen LogP contribution in [0.2, 0.25) is 0 Å². The molecular formula is C20H30N4O4. The SMILES string of the molecule is CC(O)C(C(N)=O)N(C)CC1CCC2(CN(OCc3ccccc3)C2=O)N1C. The predicted molar refractivity (Wildman–Crippen MR) is 104 cm³/mol. The summed E-state index contributed by atoms with van der Waals surface area (Å²) in [5, 5.41) is 11.3. The number of benzene rings is 1. The lowest BCUT2D eigenvalue weighted by molar-refractivity contribution is -0.242. The van der Waals surface area contributed by atoms with E-state index in [0.29, 0.717) is 19.7 Å². The minimum absolute atomic E-state index is 0.0157. The van der Waals surface area contributed by atoms with E-state index < -0.39 is 23.6 Å². The van der Waals surface area contributed by atoms with Gasteiger partial charge in [0, 0.05) is 12.6 Å². The van der Waals surface area contributed by atoms with E-state index in [1.54, 1.807) is 18.9 Å². The molecule has 2 amide bonds. The number of hydrogen-bond acceptors (Lipinski definition) is 6. The van der Waals surface area contributed by atoms with Crippen LogP contribution in [-0.4, -0.2) is 82.7 Å². The highest BCUT2D eigenvalue weighted by atomic mass is 16.7. The number of carbonyl (C=O) groups excluding carboxylic acids is 2. The molecule has 3 rings (SSSR count). The van der Waals surface area contributed by atoms with Crippen LogP contribution in [0, 0.1) is 0 Å². The zero-order chi connectivity index (χ0) is 20.5. The normalized spacial score (nSPS) is 27.2. The first-order chi connectivity index (χ1) is 13.3. The number of likely N-dealkylation sites (tertiary alicyclic amines) is 1. The van der Waals surface area contributed by atoms with E-state index in [1.165, 1.54) is 5.06 Å². The van der Waals surface area contributed by atoms with E-state index in [1.807, 2.05) is 37.4 Å². The average Bonchev–Trinajstić information content (AvgIpc) is 2.97. The Kier molecular flexibility index (Phi) is 6.04. The van der Waals surface area contributed by atoms with Crippen LogP contribution < -0.4 is 5.73 Å². The van der Waals surface area contributed by atoms with Crippen LogP contribution >= 0.6 is 0 Å². The molecule has 8 heteroatoms. The third-order valence-electron chi connectivity index (χ3n) is 6.10. The Bertz CT molecular complexity index is 713. The van der Waals surface area contributed by atoms with Crippen molar-refractivity contribution in [2.75, 3.05) is 27.2 Å². The summed E-state index contributed by atoms with van der Waals surface area (Å²) in [7, 11) is 3.72. The van der Waals surface area contributed by atoms with E-state index in [2.05, 4.69) is 4.90 Å². The average molecular weight is 390 g/mol. The van der Waals surface area contributed by atoms with Crippen LogP contribution in [0.1, 0.15) is 25.3 Å². The monoisotopic (exact) mass is 390 g/mol. The molecular weight excluding hydrogens is 360 g/mol. The quantitative estimate of drug-likeness (QED) is 0.605. The molecule has 154 valence electrons. The zero-order valence-corrected chi connectivity index (χ0v) is 16.7. The Morgan fingerprint density at radius 3 is 2.68 bits per heavy atom. The van der Waals surface area contributed by atoms with Gasteiger partial charge in [-0.05, 0) is 39.4 Å². The minimum atomic E-state index is -0.851. The molecule has 1 aromatic rings. The summed E-state index contributed by atoms with van der Waals surface area (Å²) in [5.41, 5.74) is 5.92. The van der Waals surface area contributed by atoms with Crippen LogP contribution in [0.5, 0.6) is 0 Å². The van der Waals surface area contributed by atoms with Crippen molar-refractivity contribution in [2.45, 2.75) is 50.1 Å². The molecule has 2 saturated heterocycles. The summed E-state index contributed by atoms with van der Waals surface area (Å²) in [6.07, 6.45) is 0.738. The number of likely N-dealkylation sites (N-methyl/N-ethyl adjacent to an activating group) is 2. The van der Waals surface area contributed by atoms with Crippen molar-refractivity contribution in [3.05, 3.63) is 35.9 Å². The molecule has 28 heavy (non-hydrogen) atoms. The van der Waals surface area contributed by atoms with Gasteiger partial charge in [0.15, 0.2) is 0 Å². The van der Waals surface area contributed by atoms with Crippen molar-refractivity contribution >= 4 is 11.8 Å². The van der Waals surface area contributed by atoms with Gasteiger partial charge in [0.2, 0.25) is 5.91 Å². The Labute approximate surface area is 165 Å². The number of nitrogens with two attached hydrogens (primary N) is 1. The number of hydroxylamine groups is 2. The highest BCUT2D eigenvalue weighted by Crippen LogP contribution is 2.41. The van der Waals surface area contributed by atoms with Crippen molar-refractivity contribution in [1.29, 1.82) is 0 Å². The maximum absolute atomic E-state index is 12.8. The molecule has 0 radical (unpaired) electrons. The lowest BCUT2D eigenvalue weighted by atomic mass is 9.88. The smallest absolute Gasteiger partial charge is 0.268 e. The number of nitrogens with zero attached hydrogens (tertiary/aromatic N) is 3. The van der Waals surface area contributed by atoms with E-state index in [9.17, 15) is 14.7 Å². The van der Waals surface area contributed by atoms with Crippen molar-refractivity contribution in [1.82, 2.24) is 14.9 Å². The van der Waals surface area contributed by atoms with Gasteiger partial charge >= 0.3 is 0 Å². The minimum Gasteiger partial charge on any atom is -0.391 e. The molecule has 0 saturated carbocycles. The molecule has 0 aromatic heterocycles. The fourth-order valence-corrected chi connectivity index (χ4v) is 4.41. The van der Waals surface area contributed by atoms with Crippen LogP contribution in [0.3, 0.4) is 0 Å². The van der Waals surface area contributed by atoms with Gasteiger partial charge < -0.3 is 10.8 Å². The molecule has 4 atom stereocenters. The third kappa shape index (κ3) is 3.77. The molecule has 4 unspecified atom stereocenters. The van der Waals surface area contributed by atoms with Crippen LogP contribution in [0.15, 0.2) is 30.3 Å². The summed E-state index contributed by atoms with van der Waals surface area (Å²) < 4.78 is 0. The van der Waals surface area contributed by atoms with E-state index in [0.717, 1.165) is 18.4 Å². The van der Waals surface area contributed by atoms with E-state index in [-0.39, 0.29) is 11.9 Å². The number of hydrogen-bond donors (Lipinski definition) is 2. The molecule has 0 aliphatic carbocycles. The number of β-lactam (4-membered cyclic amide) rings is 1. The number of aliphatic hydroxyl groups excluding tert-OH is 1. The van der Waals surface area contributed by atoms with Gasteiger partial charge in [-0.15, -0.1) is 0 Å². The first-order valence-electron chi connectivity index (χ1n) is 9.65. The third-order valence-corrected chi connectivity index (χ3v) is 6.10. The Morgan fingerprint density at radius 2 is 2.11 bits per heavy atom. The lowest BCUT2D eigenvalue weighted by Gasteiger charge is -2.50. The van der Waals surface area contributed by atoms with Crippen LogP contribution in [0.25, 0.3) is 0 Å². The van der Waals surface area contributed by atoms with Crippen molar-refractivity contribution in [3.63, 3.8) is 0 Å². The summed E-state index contributed by atoms with van der Waals surface area (Å²) in [4.78, 5) is 34.0. The van der Waals surface area contributed by atoms with Gasteiger partial charge in [-0.3, -0.25) is 24.2 Å². The second kappa shape index (κ2) is 8.16. The topological polar surface area (TPSA) is 99.3 Å². The van der Waals surface area contributed by atoms with Crippen molar-refractivity contribution in [3.8, 4) is 0 Å². The maximum atomic E-state index is 12.8. The first-order valence-corrected chi connectivity index (χ1v) is 9.65. The van der Waals surface area contributed by atoms with Gasteiger partial charge in [-0.1, -0.05) is 30.3 Å². The number of carbonyl (C=O) groups is 2. The van der Waals surface area contributed by atoms with Gasteiger partial charge in [0.25, 0.3) is 5.91 Å². The number of rotatable bonds is 8. The molecule has 1 spiro atoms. The van der Waals surface area contributed by atoms with Crippen LogP contribution in [-0.2, 0) is 21.0 Å². The fourth-order valence-electron chi connectivity index (χ4n) is 4.41. The molecule has 1 aromatic carbocycles. The van der Waals surface area contributed by atoms with Gasteiger partial charge in [-0.2, -0.15) is 0 Å². The highest BCUT2D eigenvalue weighted by molar-refractivity contribution is 5.92. The standard InChI is InChI=1S/C20H30N4O4/c1-14(25)17(18(21)26)22(2)11-16-9-10-20(23(16)3)13-24(19(20)27)28-12-15-7-5-4-6-8-15/h4-8,14,16-17,25H,9-13H2,1-3H3,(H2,21,26). The Morgan fingerprint density at radius 1 is 1.43 bits per heavy atom. The molecule has 0 bridgehead atoms. The lowest BCUT2D eigenvalue weighted by Crippen LogP contribution is -2.72. The summed E-state index contributed by atoms with van der Waals surface area (Å²) in [6.45, 7) is 3.01. The van der Waals surface area contributed by atoms with Gasteiger partial charge in [0.05, 0.1) is 12.6 Å². The summed E-state index contributed by atoms with van der Waals surface area (Å²) >= 11 is 0. The van der Waals surface area contributed by atoms with Gasteiger partial charge in [-0.25, -0.2) is 5.06 Å². The highest BCUT2D eigenvalue weighted by Gasteiger charge is 2.60. The summed E-state index contributed by atoms with van der Waals surface area (Å²) in [6, 6.07) is 9.11. The van der Waals surface area contributed by atoms with Crippen molar-refractivity contribution < 1.29 is 19.5 Å². The van der Waals surface area contributed by atoms with E-state index in [4.69, 9.17) is 10.6 Å². The first kappa shape index (κ1) is 20.7. The number of primary amides is 1. The second-order valence-electron chi connectivity index (χ2n) is 7.96. The molecule has 2 heterocycles. The summed E-state index contributed by atoms with van der Waals surface area (Å²) in [5.74, 6) is -0.564. The second-order valence-corrected chi connectivity index (χ2v) is 7.96. The maximum Gasteiger partial charge on any atom is 0.268 e. The Balaban J connectivity index is 1.56. The Hall–Kier alpha value is -2.00. The van der Waals surface area contributed by atoms with Gasteiger partial charge in [0.1, 0.15) is 18.2 Å². The largest absolute Gasteiger partial charge is 0.391 e. The molecule has 2 aliphatic rings. The molecule has 2 fully saturated rings. The number of aliphatic hydroxyl groups is 1. The van der Waals surface area contributed by atoms with E-state index >= 15 is 0 Å².